The molecule has 0 saturated carbocycles. The van der Waals surface area contributed by atoms with Gasteiger partial charge in [-0.1, -0.05) is 15.9 Å². The van der Waals surface area contributed by atoms with Gasteiger partial charge in [0.2, 0.25) is 0 Å². The van der Waals surface area contributed by atoms with Crippen LogP contribution in [-0.2, 0) is 6.61 Å². The third-order valence-electron chi connectivity index (χ3n) is 2.46. The summed E-state index contributed by atoms with van der Waals surface area (Å²) in [5.74, 6) is 0.845. The highest BCUT2D eigenvalue weighted by molar-refractivity contribution is 9.11. The molecule has 0 amide bonds. The Balaban J connectivity index is 2.13. The van der Waals surface area contributed by atoms with Crippen molar-refractivity contribution in [2.75, 3.05) is 0 Å². The van der Waals surface area contributed by atoms with Crippen LogP contribution in [0.15, 0.2) is 38.6 Å². The molecule has 1 aromatic carbocycles. The van der Waals surface area contributed by atoms with E-state index in [0.29, 0.717) is 6.61 Å². The van der Waals surface area contributed by atoms with E-state index in [2.05, 4.69) is 37.9 Å². The van der Waals surface area contributed by atoms with Crippen molar-refractivity contribution in [1.29, 1.82) is 0 Å². The molecule has 2 aromatic rings. The van der Waals surface area contributed by atoms with E-state index in [1.54, 1.807) is 11.3 Å². The summed E-state index contributed by atoms with van der Waals surface area (Å²) < 4.78 is 7.97. The zero-order valence-corrected chi connectivity index (χ0v) is 13.8. The molecule has 0 spiro atoms. The molecule has 0 bridgehead atoms. The molecule has 2 N–H and O–H groups in total. The Morgan fingerprint density at radius 1 is 1.28 bits per heavy atom. The van der Waals surface area contributed by atoms with E-state index in [4.69, 9.17) is 10.5 Å². The van der Waals surface area contributed by atoms with Gasteiger partial charge in [-0.2, -0.15) is 0 Å². The van der Waals surface area contributed by atoms with Crippen LogP contribution in [0, 0.1) is 0 Å². The van der Waals surface area contributed by atoms with Gasteiger partial charge in [-0.05, 0) is 53.2 Å². The third kappa shape index (κ3) is 3.57. The first-order valence-corrected chi connectivity index (χ1v) is 7.88. The van der Waals surface area contributed by atoms with Gasteiger partial charge in [-0.15, -0.1) is 11.3 Å². The molecule has 0 unspecified atom stereocenters. The first-order valence-electron chi connectivity index (χ1n) is 5.48. The summed E-state index contributed by atoms with van der Waals surface area (Å²) in [7, 11) is 0. The van der Waals surface area contributed by atoms with Crippen LogP contribution in [0.5, 0.6) is 5.75 Å². The first kappa shape index (κ1) is 14.1. The zero-order valence-electron chi connectivity index (χ0n) is 9.82. The van der Waals surface area contributed by atoms with E-state index < -0.39 is 0 Å². The molecular weight excluding hydrogens is 378 g/mol. The summed E-state index contributed by atoms with van der Waals surface area (Å²) in [6.45, 7) is 2.52. The molecule has 1 aromatic heterocycles. The monoisotopic (exact) mass is 389 g/mol. The highest BCUT2D eigenvalue weighted by atomic mass is 79.9. The number of hydrogen-bond donors (Lipinski definition) is 1. The van der Waals surface area contributed by atoms with E-state index in [0.717, 1.165) is 19.6 Å². The topological polar surface area (TPSA) is 35.2 Å². The Kier molecular flexibility index (Phi) is 4.84. The average molecular weight is 391 g/mol. The van der Waals surface area contributed by atoms with E-state index in [9.17, 15) is 0 Å². The van der Waals surface area contributed by atoms with E-state index in [-0.39, 0.29) is 6.04 Å². The number of thiophene rings is 1. The SMILES string of the molecule is C[C@H](N)c1cc(Br)ccc1OCc1ccc(Br)s1. The predicted molar refractivity (Wildman–Crippen MR) is 83.1 cm³/mol. The normalized spacial score (nSPS) is 12.4. The van der Waals surface area contributed by atoms with Gasteiger partial charge in [0.25, 0.3) is 0 Å². The molecule has 2 rings (SSSR count). The standard InChI is InChI=1S/C13H13Br2NOS/c1-8(16)11-6-9(14)2-4-12(11)17-7-10-3-5-13(15)18-10/h2-6,8H,7,16H2,1H3/t8-/m0/s1. The second-order valence-corrected chi connectivity index (χ2v) is 7.43. The molecule has 1 atom stereocenters. The van der Waals surface area contributed by atoms with Crippen molar-refractivity contribution in [1.82, 2.24) is 0 Å². The van der Waals surface area contributed by atoms with E-state index in [1.807, 2.05) is 31.2 Å². The fourth-order valence-electron chi connectivity index (χ4n) is 1.58. The highest BCUT2D eigenvalue weighted by Gasteiger charge is 2.09. The summed E-state index contributed by atoms with van der Waals surface area (Å²) >= 11 is 8.57. The van der Waals surface area contributed by atoms with Crippen LogP contribution in [-0.4, -0.2) is 0 Å². The fourth-order valence-corrected chi connectivity index (χ4v) is 3.36. The maximum absolute atomic E-state index is 5.95. The second kappa shape index (κ2) is 6.19. The lowest BCUT2D eigenvalue weighted by Crippen LogP contribution is -2.08. The van der Waals surface area contributed by atoms with Gasteiger partial charge in [0.05, 0.1) is 3.79 Å². The highest BCUT2D eigenvalue weighted by Crippen LogP contribution is 2.29. The molecule has 0 saturated heterocycles. The largest absolute Gasteiger partial charge is 0.488 e. The van der Waals surface area contributed by atoms with Crippen LogP contribution in [0.2, 0.25) is 0 Å². The fraction of sp³-hybridized carbons (Fsp3) is 0.231. The maximum atomic E-state index is 5.95. The molecular formula is C13H13Br2NOS. The quantitative estimate of drug-likeness (QED) is 0.807. The van der Waals surface area contributed by atoms with Crippen LogP contribution in [0.25, 0.3) is 0 Å². The Hall–Kier alpha value is -0.360. The minimum atomic E-state index is -0.0485. The molecule has 96 valence electrons. The summed E-state index contributed by atoms with van der Waals surface area (Å²) in [4.78, 5) is 1.18. The Labute approximate surface area is 127 Å². The Morgan fingerprint density at radius 3 is 2.67 bits per heavy atom. The maximum Gasteiger partial charge on any atom is 0.124 e. The molecule has 0 aliphatic rings. The molecule has 0 aliphatic heterocycles. The summed E-state index contributed by atoms with van der Waals surface area (Å²) in [6.07, 6.45) is 0. The van der Waals surface area contributed by atoms with Crippen LogP contribution in [0.3, 0.4) is 0 Å². The van der Waals surface area contributed by atoms with Gasteiger partial charge >= 0.3 is 0 Å². The van der Waals surface area contributed by atoms with E-state index in [1.165, 1.54) is 4.88 Å². The number of benzene rings is 1. The number of halogens is 2. The van der Waals surface area contributed by atoms with Crippen molar-refractivity contribution in [2.24, 2.45) is 5.73 Å². The van der Waals surface area contributed by atoms with Crippen LogP contribution >= 0.6 is 43.2 Å². The molecule has 5 heteroatoms. The Bertz CT molecular complexity index is 540. The predicted octanol–water partition coefficient (Wildman–Crippen LogP) is 4.87. The smallest absolute Gasteiger partial charge is 0.124 e. The van der Waals surface area contributed by atoms with Gasteiger partial charge in [0.15, 0.2) is 0 Å². The average Bonchev–Trinajstić information content (AvgIpc) is 2.73. The van der Waals surface area contributed by atoms with Gasteiger partial charge in [0, 0.05) is 21.0 Å². The minimum Gasteiger partial charge on any atom is -0.488 e. The molecule has 0 aliphatic carbocycles. The Morgan fingerprint density at radius 2 is 2.06 bits per heavy atom. The number of ether oxygens (including phenoxy) is 1. The third-order valence-corrected chi connectivity index (χ3v) is 4.55. The molecule has 0 radical (unpaired) electrons. The number of hydrogen-bond acceptors (Lipinski definition) is 3. The number of nitrogens with two attached hydrogens (primary N) is 1. The van der Waals surface area contributed by atoms with Crippen molar-refractivity contribution in [3.63, 3.8) is 0 Å². The van der Waals surface area contributed by atoms with E-state index >= 15 is 0 Å². The molecule has 0 fully saturated rings. The summed E-state index contributed by atoms with van der Waals surface area (Å²) in [6, 6.07) is 9.95. The van der Waals surface area contributed by atoms with Gasteiger partial charge in [-0.25, -0.2) is 0 Å². The van der Waals surface area contributed by atoms with Crippen molar-refractivity contribution in [3.8, 4) is 5.75 Å². The lowest BCUT2D eigenvalue weighted by molar-refractivity contribution is 0.305. The van der Waals surface area contributed by atoms with Gasteiger partial charge < -0.3 is 10.5 Å². The van der Waals surface area contributed by atoms with Crippen molar-refractivity contribution in [3.05, 3.63) is 49.0 Å². The zero-order chi connectivity index (χ0) is 13.1. The van der Waals surface area contributed by atoms with Gasteiger partial charge in [-0.3, -0.25) is 0 Å². The minimum absolute atomic E-state index is 0.0485. The lowest BCUT2D eigenvalue weighted by Gasteiger charge is -2.14. The molecule has 2 nitrogen and oxygen atoms in total. The second-order valence-electron chi connectivity index (χ2n) is 3.97. The number of rotatable bonds is 4. The summed E-state index contributed by atoms with van der Waals surface area (Å²) in [5, 5.41) is 0. The summed E-state index contributed by atoms with van der Waals surface area (Å²) in [5.41, 5.74) is 6.96. The van der Waals surface area contributed by atoms with Crippen molar-refractivity contribution in [2.45, 2.75) is 19.6 Å². The lowest BCUT2D eigenvalue weighted by atomic mass is 10.1. The van der Waals surface area contributed by atoms with Crippen molar-refractivity contribution >= 4 is 43.2 Å². The molecule has 1 heterocycles. The van der Waals surface area contributed by atoms with Gasteiger partial charge in [0.1, 0.15) is 12.4 Å². The van der Waals surface area contributed by atoms with Crippen LogP contribution in [0.1, 0.15) is 23.4 Å². The van der Waals surface area contributed by atoms with Crippen molar-refractivity contribution < 1.29 is 4.74 Å². The van der Waals surface area contributed by atoms with Crippen LogP contribution < -0.4 is 10.5 Å². The van der Waals surface area contributed by atoms with Crippen LogP contribution in [0.4, 0.5) is 0 Å². The first-order chi connectivity index (χ1) is 8.56. The molecule has 18 heavy (non-hydrogen) atoms.